The summed E-state index contributed by atoms with van der Waals surface area (Å²) in [6.45, 7) is 10.9. The molecular weight excluding hydrogens is 584 g/mol. The average molecular weight is 635 g/mol. The van der Waals surface area contributed by atoms with Crippen LogP contribution in [-0.2, 0) is 21.7 Å². The fraction of sp³-hybridized carbons (Fsp3) is 0.444. The summed E-state index contributed by atoms with van der Waals surface area (Å²) in [5.41, 5.74) is 0.843. The number of halogens is 4. The van der Waals surface area contributed by atoms with Gasteiger partial charge in [-0.25, -0.2) is 17.6 Å². The first-order valence-electron chi connectivity index (χ1n) is 15.6. The molecule has 0 bridgehead atoms. The zero-order valence-corrected chi connectivity index (χ0v) is 28.5. The van der Waals surface area contributed by atoms with E-state index in [0.29, 0.717) is 11.4 Å². The number of benzene rings is 2. The van der Waals surface area contributed by atoms with Crippen LogP contribution in [0.3, 0.4) is 0 Å². The quantitative estimate of drug-likeness (QED) is 0.153. The van der Waals surface area contributed by atoms with Crippen molar-refractivity contribution < 1.29 is 39.3 Å². The third kappa shape index (κ3) is 13.7. The van der Waals surface area contributed by atoms with Gasteiger partial charge in [0, 0.05) is 57.6 Å². The molecule has 0 amide bonds. The second-order valence-corrected chi connectivity index (χ2v) is 9.73. The van der Waals surface area contributed by atoms with E-state index in [4.69, 9.17) is 0 Å². The van der Waals surface area contributed by atoms with Gasteiger partial charge in [0.15, 0.2) is 11.6 Å². The van der Waals surface area contributed by atoms with E-state index in [9.17, 15) is 17.6 Å². The first kappa shape index (κ1) is 40.4. The molecule has 0 aliphatic heterocycles. The molecule has 2 aromatic heterocycles. The fourth-order valence-corrected chi connectivity index (χ4v) is 4.45. The van der Waals surface area contributed by atoms with Crippen molar-refractivity contribution in [2.24, 2.45) is 0 Å². The van der Waals surface area contributed by atoms with Crippen molar-refractivity contribution in [3.63, 3.8) is 0 Å². The predicted octanol–water partition coefficient (Wildman–Crippen LogP) is 12.1. The first-order valence-corrected chi connectivity index (χ1v) is 15.6. The van der Waals surface area contributed by atoms with Gasteiger partial charge in [0.1, 0.15) is 11.6 Å². The van der Waals surface area contributed by atoms with Crippen LogP contribution in [0.4, 0.5) is 17.6 Å². The monoisotopic (exact) mass is 634 g/mol. The Kier molecular flexibility index (Phi) is 22.4. The van der Waals surface area contributed by atoms with Crippen molar-refractivity contribution in [3.05, 3.63) is 108 Å². The first-order chi connectivity index (χ1) is 20.4. The molecule has 0 radical (unpaired) electrons. The third-order valence-electron chi connectivity index (χ3n) is 6.87. The summed E-state index contributed by atoms with van der Waals surface area (Å²) in [6.07, 6.45) is 21.9. The molecule has 4 aromatic rings. The molecule has 0 N–H and O–H groups in total. The number of hydrogen-bond acceptors (Lipinski definition) is 0. The molecule has 2 fully saturated rings. The number of nitrogens with zero attached hydrogens (tertiary/aromatic N) is 2. The van der Waals surface area contributed by atoms with Crippen molar-refractivity contribution >= 4 is 0 Å². The van der Waals surface area contributed by atoms with Crippen LogP contribution in [0.15, 0.2) is 73.3 Å². The van der Waals surface area contributed by atoms with E-state index < -0.39 is 23.3 Å². The van der Waals surface area contributed by atoms with Crippen molar-refractivity contribution in [1.29, 1.82) is 0 Å². The molecule has 0 spiro atoms. The van der Waals surface area contributed by atoms with Crippen molar-refractivity contribution in [2.75, 3.05) is 0 Å². The van der Waals surface area contributed by atoms with Crippen LogP contribution in [0, 0.1) is 37.1 Å². The number of hydrogen-bond donors (Lipinski definition) is 0. The van der Waals surface area contributed by atoms with Gasteiger partial charge in [0.2, 0.25) is 0 Å². The topological polar surface area (TPSA) is 9.86 Å². The number of rotatable bonds is 2. The van der Waals surface area contributed by atoms with Crippen molar-refractivity contribution in [1.82, 2.24) is 9.13 Å². The molecule has 0 saturated heterocycles. The van der Waals surface area contributed by atoms with E-state index in [-0.39, 0.29) is 32.8 Å². The van der Waals surface area contributed by atoms with Gasteiger partial charge in [-0.05, 0) is 62.4 Å². The van der Waals surface area contributed by atoms with Gasteiger partial charge in [0.05, 0.1) is 11.4 Å². The molecule has 7 heteroatoms. The van der Waals surface area contributed by atoms with Crippen LogP contribution in [0.2, 0.25) is 0 Å². The minimum atomic E-state index is -0.515. The summed E-state index contributed by atoms with van der Waals surface area (Å²) >= 11 is 0. The van der Waals surface area contributed by atoms with E-state index in [2.05, 4.69) is 0 Å². The summed E-state index contributed by atoms with van der Waals surface area (Å²) < 4.78 is 56.3. The summed E-state index contributed by atoms with van der Waals surface area (Å²) in [7, 11) is 0. The van der Waals surface area contributed by atoms with E-state index in [0.717, 1.165) is 0 Å². The Morgan fingerprint density at radius 2 is 0.674 bits per heavy atom. The van der Waals surface area contributed by atoms with Crippen LogP contribution >= 0.6 is 0 Å². The van der Waals surface area contributed by atoms with Gasteiger partial charge in [-0.3, -0.25) is 0 Å². The average Bonchev–Trinajstić information content (AvgIpc) is 3.86. The summed E-state index contributed by atoms with van der Waals surface area (Å²) in [5, 5.41) is 0. The van der Waals surface area contributed by atoms with Crippen LogP contribution in [0.1, 0.15) is 103 Å². The molecule has 2 aliphatic carbocycles. The molecular formula is C36H50F4N2Ti. The predicted molar refractivity (Wildman–Crippen MR) is 170 cm³/mol. The molecule has 0 unspecified atom stereocenters. The smallest absolute Gasteiger partial charge is 0.152 e. The van der Waals surface area contributed by atoms with Crippen LogP contribution in [0.5, 0.6) is 0 Å². The van der Waals surface area contributed by atoms with Crippen LogP contribution in [0.25, 0.3) is 11.4 Å². The maximum Gasteiger partial charge on any atom is 0.152 e. The largest absolute Gasteiger partial charge is 0.321 e. The van der Waals surface area contributed by atoms with Gasteiger partial charge in [0.25, 0.3) is 0 Å². The molecule has 2 saturated carbocycles. The minimum absolute atomic E-state index is 0. The Hall–Kier alpha value is -2.57. The normalized spacial score (nSPS) is 12.7. The summed E-state index contributed by atoms with van der Waals surface area (Å²) in [6, 6.07) is 12.6. The minimum Gasteiger partial charge on any atom is -0.321 e. The molecule has 2 heterocycles. The molecule has 2 aliphatic rings. The Bertz CT molecular complexity index is 1120. The van der Waals surface area contributed by atoms with Crippen molar-refractivity contribution in [2.45, 2.75) is 106 Å². The second kappa shape index (κ2) is 23.8. The summed E-state index contributed by atoms with van der Waals surface area (Å²) in [4.78, 5) is 0. The van der Waals surface area contributed by atoms with Gasteiger partial charge in [-0.15, -0.1) is 0 Å². The van der Waals surface area contributed by atoms with E-state index in [1.807, 2.05) is 27.7 Å². The molecule has 0 atom stereocenters. The molecule has 6 rings (SSSR count). The Morgan fingerprint density at radius 1 is 0.442 bits per heavy atom. The second-order valence-electron chi connectivity index (χ2n) is 9.73. The maximum atomic E-state index is 13.6. The molecule has 2 aromatic carbocycles. The number of aromatic nitrogens is 2. The zero-order chi connectivity index (χ0) is 31.3. The fourth-order valence-electron chi connectivity index (χ4n) is 4.45. The van der Waals surface area contributed by atoms with Crippen LogP contribution in [-0.4, -0.2) is 9.13 Å². The van der Waals surface area contributed by atoms with E-state index >= 15 is 0 Å². The van der Waals surface area contributed by atoms with Crippen LogP contribution < -0.4 is 0 Å². The molecule has 43 heavy (non-hydrogen) atoms. The van der Waals surface area contributed by atoms with E-state index in [1.54, 1.807) is 58.2 Å². The molecule has 236 valence electrons. The summed E-state index contributed by atoms with van der Waals surface area (Å²) in [5.74, 6) is -2.06. The van der Waals surface area contributed by atoms with E-state index in [1.165, 1.54) is 102 Å². The van der Waals surface area contributed by atoms with Gasteiger partial charge in [-0.1, -0.05) is 91.9 Å². The Labute approximate surface area is 272 Å². The van der Waals surface area contributed by atoms with Crippen molar-refractivity contribution in [3.8, 4) is 11.4 Å². The zero-order valence-electron chi connectivity index (χ0n) is 26.9. The Morgan fingerprint density at radius 3 is 0.907 bits per heavy atom. The SMILES string of the molecule is C1CCCC1.C1CCCC1.CC.CC.Cc1c(F)ccc(-n2cccc2)c1F.Cc1c(F)ccc(-n2cccc2)c1F.[Ti]. The third-order valence-corrected chi connectivity index (χ3v) is 6.87. The van der Waals surface area contributed by atoms with Gasteiger partial charge in [-0.2, -0.15) is 0 Å². The maximum absolute atomic E-state index is 13.6. The standard InChI is InChI=1S/2C11H9F2N.2C5H10.2C2H6.Ti/c2*1-8-9(12)4-5-10(11(8)13)14-6-2-3-7-14;2*1-2-4-5-3-1;2*1-2;/h2*2-7H,1H3;2*1-5H2;2*1-2H3;. The van der Waals surface area contributed by atoms with Gasteiger partial charge >= 0.3 is 0 Å². The molecule has 2 nitrogen and oxygen atoms in total. The Balaban J connectivity index is 0.000000565. The van der Waals surface area contributed by atoms with Gasteiger partial charge < -0.3 is 9.13 Å².